The highest BCUT2D eigenvalue weighted by Crippen LogP contribution is 2.51. The van der Waals surface area contributed by atoms with Gasteiger partial charge in [-0.05, 0) is 29.6 Å². The Hall–Kier alpha value is -1.90. The molecule has 1 aromatic rings. The van der Waals surface area contributed by atoms with Crippen molar-refractivity contribution in [1.29, 1.82) is 0 Å². The summed E-state index contributed by atoms with van der Waals surface area (Å²) in [7, 11) is 1.40. The maximum atomic E-state index is 11.8. The number of hydrogen-bond donors (Lipinski definition) is 0. The van der Waals surface area contributed by atoms with Gasteiger partial charge >= 0.3 is 5.97 Å². The number of rotatable bonds is 2. The van der Waals surface area contributed by atoms with Crippen LogP contribution in [-0.4, -0.2) is 18.9 Å². The fourth-order valence-electron chi connectivity index (χ4n) is 2.50. The number of methoxy groups -OCH3 is 1. The van der Waals surface area contributed by atoms with Gasteiger partial charge in [0.15, 0.2) is 5.78 Å². The van der Waals surface area contributed by atoms with Crippen LogP contribution in [0, 0.1) is 11.8 Å². The Morgan fingerprint density at radius 3 is 2.71 bits per heavy atom. The second-order valence-corrected chi connectivity index (χ2v) is 4.48. The quantitative estimate of drug-likeness (QED) is 0.728. The van der Waals surface area contributed by atoms with E-state index in [2.05, 4.69) is 0 Å². The van der Waals surface area contributed by atoms with Crippen LogP contribution in [0.5, 0.6) is 0 Å². The van der Waals surface area contributed by atoms with Crippen LogP contribution in [0.15, 0.2) is 30.3 Å². The van der Waals surface area contributed by atoms with E-state index in [0.717, 1.165) is 23.1 Å². The summed E-state index contributed by atoms with van der Waals surface area (Å²) in [5.74, 6) is -0.0286. The summed E-state index contributed by atoms with van der Waals surface area (Å²) in [6, 6.07) is 7.55. The summed E-state index contributed by atoms with van der Waals surface area (Å²) in [6.07, 6.45) is 2.46. The zero-order valence-corrected chi connectivity index (χ0v) is 9.47. The minimum Gasteiger partial charge on any atom is -0.469 e. The van der Waals surface area contributed by atoms with Gasteiger partial charge in [0.2, 0.25) is 0 Å². The monoisotopic (exact) mass is 228 g/mol. The van der Waals surface area contributed by atoms with Crippen LogP contribution >= 0.6 is 0 Å². The summed E-state index contributed by atoms with van der Waals surface area (Å²) < 4.78 is 4.73. The van der Waals surface area contributed by atoms with Crippen LogP contribution < -0.4 is 0 Å². The molecule has 17 heavy (non-hydrogen) atoms. The van der Waals surface area contributed by atoms with E-state index in [-0.39, 0.29) is 23.6 Å². The first kappa shape index (κ1) is 10.3. The average Bonchev–Trinajstić information content (AvgIpc) is 3.09. The number of hydrogen-bond acceptors (Lipinski definition) is 3. The molecular formula is C14H12O3. The lowest BCUT2D eigenvalue weighted by Gasteiger charge is -2.03. The first-order valence-electron chi connectivity index (χ1n) is 5.65. The summed E-state index contributed by atoms with van der Waals surface area (Å²) >= 11 is 0. The van der Waals surface area contributed by atoms with E-state index in [0.29, 0.717) is 0 Å². The molecule has 0 saturated heterocycles. The fourth-order valence-corrected chi connectivity index (χ4v) is 2.50. The number of ketones is 1. The van der Waals surface area contributed by atoms with Crippen molar-refractivity contribution in [3.63, 3.8) is 0 Å². The van der Waals surface area contributed by atoms with E-state index in [1.165, 1.54) is 7.11 Å². The van der Waals surface area contributed by atoms with Gasteiger partial charge in [-0.1, -0.05) is 24.3 Å². The molecule has 0 bridgehead atoms. The number of ether oxygens (including phenoxy) is 1. The largest absolute Gasteiger partial charge is 0.469 e. The predicted molar refractivity (Wildman–Crippen MR) is 62.4 cm³/mol. The lowest BCUT2D eigenvalue weighted by Crippen LogP contribution is -2.04. The summed E-state index contributed by atoms with van der Waals surface area (Å²) in [5, 5.41) is 0. The Morgan fingerprint density at radius 2 is 2.00 bits per heavy atom. The average molecular weight is 228 g/mol. The zero-order valence-electron chi connectivity index (χ0n) is 9.47. The van der Waals surface area contributed by atoms with Crippen LogP contribution in [0.25, 0.3) is 5.57 Å². The lowest BCUT2D eigenvalue weighted by atomic mass is 10.0. The highest BCUT2D eigenvalue weighted by Gasteiger charge is 2.48. The maximum absolute atomic E-state index is 11.8. The molecule has 2 aliphatic carbocycles. The van der Waals surface area contributed by atoms with Gasteiger partial charge in [-0.15, -0.1) is 0 Å². The van der Waals surface area contributed by atoms with E-state index < -0.39 is 0 Å². The van der Waals surface area contributed by atoms with E-state index in [1.54, 1.807) is 6.08 Å². The smallest absolute Gasteiger partial charge is 0.309 e. The normalized spacial score (nSPS) is 25.2. The van der Waals surface area contributed by atoms with E-state index in [4.69, 9.17) is 4.74 Å². The molecule has 1 saturated carbocycles. The molecule has 0 N–H and O–H groups in total. The number of benzene rings is 1. The van der Waals surface area contributed by atoms with Crippen molar-refractivity contribution in [2.45, 2.75) is 6.42 Å². The van der Waals surface area contributed by atoms with Crippen molar-refractivity contribution >= 4 is 17.3 Å². The van der Waals surface area contributed by atoms with Gasteiger partial charge in [0.25, 0.3) is 0 Å². The minimum absolute atomic E-state index is 0.0473. The molecule has 86 valence electrons. The molecule has 2 aliphatic rings. The zero-order chi connectivity index (χ0) is 12.0. The highest BCUT2D eigenvalue weighted by atomic mass is 16.5. The summed E-state index contributed by atoms with van der Waals surface area (Å²) in [5.41, 5.74) is 2.73. The first-order chi connectivity index (χ1) is 8.22. The Morgan fingerprint density at radius 1 is 1.29 bits per heavy atom. The topological polar surface area (TPSA) is 43.4 Å². The Bertz CT molecular complexity index is 542. The third kappa shape index (κ3) is 1.50. The van der Waals surface area contributed by atoms with Crippen LogP contribution in [0.4, 0.5) is 0 Å². The van der Waals surface area contributed by atoms with Gasteiger partial charge in [-0.25, -0.2) is 0 Å². The molecule has 1 aromatic carbocycles. The number of allylic oxidation sites excluding steroid dienone is 2. The van der Waals surface area contributed by atoms with E-state index >= 15 is 0 Å². The second-order valence-electron chi connectivity index (χ2n) is 4.48. The molecule has 0 amide bonds. The number of carbonyl (C=O) groups excluding carboxylic acids is 2. The van der Waals surface area contributed by atoms with Crippen molar-refractivity contribution in [2.24, 2.45) is 11.8 Å². The van der Waals surface area contributed by atoms with Gasteiger partial charge in [0.05, 0.1) is 13.0 Å². The van der Waals surface area contributed by atoms with Crippen molar-refractivity contribution < 1.29 is 14.3 Å². The number of esters is 1. The van der Waals surface area contributed by atoms with Crippen molar-refractivity contribution in [3.8, 4) is 0 Å². The fraction of sp³-hybridized carbons (Fsp3) is 0.286. The van der Waals surface area contributed by atoms with E-state index in [1.807, 2.05) is 24.3 Å². The van der Waals surface area contributed by atoms with Gasteiger partial charge in [-0.2, -0.15) is 0 Å². The Balaban J connectivity index is 1.91. The van der Waals surface area contributed by atoms with Gasteiger partial charge in [-0.3, -0.25) is 9.59 Å². The van der Waals surface area contributed by atoms with Crippen LogP contribution in [-0.2, 0) is 9.53 Å². The maximum Gasteiger partial charge on any atom is 0.309 e. The SMILES string of the molecule is COC(=O)[C@@H]1C[C@H]1C1=CC(=O)c2ccccc21. The summed E-state index contributed by atoms with van der Waals surface area (Å²) in [6.45, 7) is 0. The Labute approximate surface area is 99.1 Å². The lowest BCUT2D eigenvalue weighted by molar-refractivity contribution is -0.142. The van der Waals surface area contributed by atoms with Gasteiger partial charge in [0.1, 0.15) is 0 Å². The molecular weight excluding hydrogens is 216 g/mol. The van der Waals surface area contributed by atoms with Crippen LogP contribution in [0.2, 0.25) is 0 Å². The predicted octanol–water partition coefficient (Wildman–Crippen LogP) is 2.08. The second kappa shape index (κ2) is 3.55. The Kier molecular flexibility index (Phi) is 2.15. The van der Waals surface area contributed by atoms with Crippen molar-refractivity contribution in [3.05, 3.63) is 41.5 Å². The number of carbonyl (C=O) groups is 2. The molecule has 3 heteroatoms. The van der Waals surface area contributed by atoms with Crippen molar-refractivity contribution in [1.82, 2.24) is 0 Å². The van der Waals surface area contributed by atoms with Gasteiger partial charge in [0, 0.05) is 5.56 Å². The molecule has 3 nitrogen and oxygen atoms in total. The molecule has 0 aromatic heterocycles. The highest BCUT2D eigenvalue weighted by molar-refractivity contribution is 6.17. The molecule has 3 rings (SSSR count). The standard InChI is InChI=1S/C14H12O3/c1-17-14(16)12-6-10(12)11-7-13(15)9-5-3-2-4-8(9)11/h2-5,7,10,12H,6H2,1H3/t10-,12+/m0/s1. The van der Waals surface area contributed by atoms with Crippen LogP contribution in [0.3, 0.4) is 0 Å². The number of fused-ring (bicyclic) bond motifs is 1. The van der Waals surface area contributed by atoms with Gasteiger partial charge < -0.3 is 4.74 Å². The first-order valence-corrected chi connectivity index (χ1v) is 5.65. The third-order valence-electron chi connectivity index (χ3n) is 3.48. The molecule has 0 radical (unpaired) electrons. The molecule has 1 fully saturated rings. The molecule has 0 spiro atoms. The molecule has 0 unspecified atom stereocenters. The molecule has 0 aliphatic heterocycles. The van der Waals surface area contributed by atoms with E-state index in [9.17, 15) is 9.59 Å². The summed E-state index contributed by atoms with van der Waals surface area (Å²) in [4.78, 5) is 23.2. The molecule has 0 heterocycles. The third-order valence-corrected chi connectivity index (χ3v) is 3.48. The minimum atomic E-state index is -0.173. The molecule has 2 atom stereocenters. The van der Waals surface area contributed by atoms with Crippen molar-refractivity contribution in [2.75, 3.05) is 7.11 Å². The van der Waals surface area contributed by atoms with Crippen LogP contribution in [0.1, 0.15) is 22.3 Å².